The molecule has 0 fully saturated rings. The van der Waals surface area contributed by atoms with Crippen molar-refractivity contribution in [3.05, 3.63) is 41.0 Å². The second-order valence-corrected chi connectivity index (χ2v) is 5.83. The van der Waals surface area contributed by atoms with Gasteiger partial charge in [-0.25, -0.2) is 0 Å². The number of amides is 1. The second kappa shape index (κ2) is 7.87. The Morgan fingerprint density at radius 2 is 1.95 bits per heavy atom. The average molecular weight is 286 g/mol. The minimum Gasteiger partial charge on any atom is -0.376 e. The van der Waals surface area contributed by atoms with Crippen LogP contribution in [0.1, 0.15) is 43.2 Å². The summed E-state index contributed by atoms with van der Waals surface area (Å²) in [6.45, 7) is 5.20. The lowest BCUT2D eigenvalue weighted by Crippen LogP contribution is -2.31. The van der Waals surface area contributed by atoms with Gasteiger partial charge in [0.1, 0.15) is 0 Å². The highest BCUT2D eigenvalue weighted by atomic mass is 16.1. The van der Waals surface area contributed by atoms with Gasteiger partial charge < -0.3 is 10.6 Å². The van der Waals surface area contributed by atoms with Crippen molar-refractivity contribution in [2.24, 2.45) is 0 Å². The highest BCUT2D eigenvalue weighted by Crippen LogP contribution is 2.20. The number of hydrogen-bond donors (Lipinski definition) is 2. The van der Waals surface area contributed by atoms with Crippen molar-refractivity contribution in [2.45, 2.75) is 46.0 Å². The smallest absolute Gasteiger partial charge is 0.239 e. The predicted molar refractivity (Wildman–Crippen MR) is 88.6 cm³/mol. The third kappa shape index (κ3) is 4.92. The van der Waals surface area contributed by atoms with Crippen molar-refractivity contribution >= 4 is 11.6 Å². The molecule has 1 amide bonds. The number of anilines is 1. The molecule has 0 atom stereocenters. The van der Waals surface area contributed by atoms with Gasteiger partial charge in [0.25, 0.3) is 0 Å². The van der Waals surface area contributed by atoms with Crippen molar-refractivity contribution in [3.63, 3.8) is 0 Å². The van der Waals surface area contributed by atoms with E-state index in [9.17, 15) is 4.79 Å². The summed E-state index contributed by atoms with van der Waals surface area (Å²) in [5, 5.41) is 6.24. The lowest BCUT2D eigenvalue weighted by molar-refractivity contribution is -0.119. The lowest BCUT2D eigenvalue weighted by Gasteiger charge is -2.14. The summed E-state index contributed by atoms with van der Waals surface area (Å²) < 4.78 is 0. The molecule has 0 saturated carbocycles. The topological polar surface area (TPSA) is 41.1 Å². The number of rotatable bonds is 6. The van der Waals surface area contributed by atoms with Crippen LogP contribution in [0.5, 0.6) is 0 Å². The summed E-state index contributed by atoms with van der Waals surface area (Å²) in [5.74, 6) is 0.0639. The maximum Gasteiger partial charge on any atom is 0.239 e. The molecule has 1 aliphatic carbocycles. The molecule has 1 aromatic carbocycles. The Labute approximate surface area is 127 Å². The Morgan fingerprint density at radius 1 is 1.19 bits per heavy atom. The number of para-hydroxylation sites is 1. The highest BCUT2D eigenvalue weighted by molar-refractivity contribution is 5.81. The molecule has 21 heavy (non-hydrogen) atoms. The van der Waals surface area contributed by atoms with E-state index in [0.717, 1.165) is 18.7 Å². The Kier molecular flexibility index (Phi) is 5.85. The summed E-state index contributed by atoms with van der Waals surface area (Å²) in [6.07, 6.45) is 8.36. The van der Waals surface area contributed by atoms with Crippen LogP contribution in [0.15, 0.2) is 29.8 Å². The van der Waals surface area contributed by atoms with E-state index in [0.29, 0.717) is 6.54 Å². The van der Waals surface area contributed by atoms with E-state index < -0.39 is 0 Å². The molecule has 1 aromatic rings. The summed E-state index contributed by atoms with van der Waals surface area (Å²) in [5.41, 5.74) is 4.93. The third-order valence-corrected chi connectivity index (χ3v) is 4.06. The van der Waals surface area contributed by atoms with Crippen LogP contribution in [-0.4, -0.2) is 19.0 Å². The number of hydrogen-bond acceptors (Lipinski definition) is 2. The van der Waals surface area contributed by atoms with Crippen molar-refractivity contribution in [1.29, 1.82) is 0 Å². The van der Waals surface area contributed by atoms with Gasteiger partial charge in [0, 0.05) is 12.2 Å². The van der Waals surface area contributed by atoms with Gasteiger partial charge >= 0.3 is 0 Å². The fourth-order valence-corrected chi connectivity index (χ4v) is 2.82. The fourth-order valence-electron chi connectivity index (χ4n) is 2.82. The third-order valence-electron chi connectivity index (χ3n) is 4.06. The SMILES string of the molecule is Cc1cccc(C)c1NCC(=O)NCCC1=CCCCC1. The Bertz CT molecular complexity index is 500. The van der Waals surface area contributed by atoms with E-state index in [1.165, 1.54) is 42.4 Å². The van der Waals surface area contributed by atoms with E-state index in [1.54, 1.807) is 0 Å². The normalized spacial score (nSPS) is 14.5. The van der Waals surface area contributed by atoms with Crippen molar-refractivity contribution < 1.29 is 4.79 Å². The highest BCUT2D eigenvalue weighted by Gasteiger charge is 2.06. The lowest BCUT2D eigenvalue weighted by atomic mass is 9.97. The van der Waals surface area contributed by atoms with E-state index in [4.69, 9.17) is 0 Å². The van der Waals surface area contributed by atoms with E-state index in [2.05, 4.69) is 42.7 Å². The van der Waals surface area contributed by atoms with Gasteiger partial charge in [-0.2, -0.15) is 0 Å². The zero-order valence-corrected chi connectivity index (χ0v) is 13.2. The largest absolute Gasteiger partial charge is 0.376 e. The molecule has 0 heterocycles. The molecule has 1 aliphatic rings. The maximum absolute atomic E-state index is 11.9. The summed E-state index contributed by atoms with van der Waals surface area (Å²) in [4.78, 5) is 11.9. The first kappa shape index (κ1) is 15.6. The molecule has 3 nitrogen and oxygen atoms in total. The Morgan fingerprint density at radius 3 is 2.62 bits per heavy atom. The quantitative estimate of drug-likeness (QED) is 0.783. The van der Waals surface area contributed by atoms with Crippen LogP contribution in [0.25, 0.3) is 0 Å². The molecule has 0 aliphatic heterocycles. The van der Waals surface area contributed by atoms with Gasteiger partial charge in [0.15, 0.2) is 0 Å². The van der Waals surface area contributed by atoms with E-state index in [1.807, 2.05) is 6.07 Å². The van der Waals surface area contributed by atoms with E-state index in [-0.39, 0.29) is 5.91 Å². The molecule has 0 saturated heterocycles. The van der Waals surface area contributed by atoms with Crippen molar-refractivity contribution in [1.82, 2.24) is 5.32 Å². The number of carbonyl (C=O) groups is 1. The molecule has 0 spiro atoms. The number of aryl methyl sites for hydroxylation is 2. The molecule has 2 N–H and O–H groups in total. The van der Waals surface area contributed by atoms with Gasteiger partial charge in [-0.3, -0.25) is 4.79 Å². The van der Waals surface area contributed by atoms with Crippen LogP contribution in [0.3, 0.4) is 0 Å². The van der Waals surface area contributed by atoms with Crippen LogP contribution < -0.4 is 10.6 Å². The summed E-state index contributed by atoms with van der Waals surface area (Å²) >= 11 is 0. The van der Waals surface area contributed by atoms with Crippen LogP contribution in [0, 0.1) is 13.8 Å². The molecule has 2 rings (SSSR count). The zero-order chi connectivity index (χ0) is 15.1. The Hall–Kier alpha value is -1.77. The molecular formula is C18H26N2O. The van der Waals surface area contributed by atoms with Gasteiger partial charge in [0.05, 0.1) is 6.54 Å². The average Bonchev–Trinajstić information content (AvgIpc) is 2.48. The van der Waals surface area contributed by atoms with Crippen LogP contribution >= 0.6 is 0 Å². The first-order valence-electron chi connectivity index (χ1n) is 7.91. The fraction of sp³-hybridized carbons (Fsp3) is 0.500. The van der Waals surface area contributed by atoms with Crippen LogP contribution in [0.2, 0.25) is 0 Å². The molecular weight excluding hydrogens is 260 g/mol. The monoisotopic (exact) mass is 286 g/mol. The Balaban J connectivity index is 1.71. The zero-order valence-electron chi connectivity index (χ0n) is 13.2. The molecule has 3 heteroatoms. The molecule has 0 bridgehead atoms. The predicted octanol–water partition coefficient (Wildman–Crippen LogP) is 3.72. The second-order valence-electron chi connectivity index (χ2n) is 5.83. The molecule has 114 valence electrons. The standard InChI is InChI=1S/C18H26N2O/c1-14-7-6-8-15(2)18(14)20-13-17(21)19-12-11-16-9-4-3-5-10-16/h6-9,20H,3-5,10-13H2,1-2H3,(H,19,21). The number of nitrogens with one attached hydrogen (secondary N) is 2. The number of allylic oxidation sites excluding steroid dienone is 1. The molecule has 0 aromatic heterocycles. The summed E-state index contributed by atoms with van der Waals surface area (Å²) in [7, 11) is 0. The van der Waals surface area contributed by atoms with Gasteiger partial charge in [-0.15, -0.1) is 0 Å². The van der Waals surface area contributed by atoms with Crippen molar-refractivity contribution in [3.8, 4) is 0 Å². The molecule has 0 unspecified atom stereocenters. The maximum atomic E-state index is 11.9. The van der Waals surface area contributed by atoms with Gasteiger partial charge in [0.2, 0.25) is 5.91 Å². The molecule has 0 radical (unpaired) electrons. The minimum absolute atomic E-state index is 0.0639. The van der Waals surface area contributed by atoms with Gasteiger partial charge in [-0.1, -0.05) is 29.8 Å². The number of benzene rings is 1. The first-order valence-corrected chi connectivity index (χ1v) is 7.91. The summed E-state index contributed by atoms with van der Waals surface area (Å²) in [6, 6.07) is 6.15. The minimum atomic E-state index is 0.0639. The number of carbonyl (C=O) groups excluding carboxylic acids is 1. The van der Waals surface area contributed by atoms with Crippen LogP contribution in [-0.2, 0) is 4.79 Å². The van der Waals surface area contributed by atoms with Crippen molar-refractivity contribution in [2.75, 3.05) is 18.4 Å². The van der Waals surface area contributed by atoms with Crippen LogP contribution in [0.4, 0.5) is 5.69 Å². The first-order chi connectivity index (χ1) is 10.2. The van der Waals surface area contributed by atoms with E-state index >= 15 is 0 Å². The van der Waals surface area contributed by atoms with Gasteiger partial charge in [-0.05, 0) is 57.1 Å².